The van der Waals surface area contributed by atoms with Crippen molar-refractivity contribution in [2.24, 2.45) is 0 Å². The van der Waals surface area contributed by atoms with Crippen molar-refractivity contribution in [3.8, 4) is 0 Å². The Morgan fingerprint density at radius 2 is 1.82 bits per heavy atom. The van der Waals surface area contributed by atoms with Gasteiger partial charge in [-0.05, 0) is 24.3 Å². The van der Waals surface area contributed by atoms with Crippen LogP contribution >= 0.6 is 11.6 Å². The van der Waals surface area contributed by atoms with E-state index in [1.165, 1.54) is 0 Å². The first-order valence-electron chi connectivity index (χ1n) is 5.30. The first-order valence-corrected chi connectivity index (χ1v) is 5.67. The van der Waals surface area contributed by atoms with E-state index in [9.17, 15) is 9.59 Å². The zero-order valence-electron chi connectivity index (χ0n) is 9.28. The summed E-state index contributed by atoms with van der Waals surface area (Å²) in [5, 5.41) is 11.6. The molecule has 17 heavy (non-hydrogen) atoms. The van der Waals surface area contributed by atoms with Crippen LogP contribution < -0.4 is 5.32 Å². The summed E-state index contributed by atoms with van der Waals surface area (Å²) in [5.41, 5.74) is 0.546. The topological polar surface area (TPSA) is 66.4 Å². The molecule has 5 heteroatoms. The van der Waals surface area contributed by atoms with E-state index < -0.39 is 0 Å². The van der Waals surface area contributed by atoms with Crippen LogP contribution in [0.1, 0.15) is 23.2 Å². The largest absolute Gasteiger partial charge is 0.395 e. The molecule has 0 aliphatic carbocycles. The Morgan fingerprint density at radius 3 is 2.41 bits per heavy atom. The third kappa shape index (κ3) is 4.97. The molecule has 0 unspecified atom stereocenters. The highest BCUT2D eigenvalue weighted by atomic mass is 35.5. The van der Waals surface area contributed by atoms with E-state index in [1.54, 1.807) is 24.3 Å². The Balaban J connectivity index is 2.39. The van der Waals surface area contributed by atoms with Gasteiger partial charge < -0.3 is 10.4 Å². The fourth-order valence-corrected chi connectivity index (χ4v) is 1.42. The van der Waals surface area contributed by atoms with Crippen LogP contribution in [-0.2, 0) is 4.79 Å². The van der Waals surface area contributed by atoms with E-state index in [1.807, 2.05) is 0 Å². The average molecular weight is 256 g/mol. The molecule has 0 aliphatic rings. The van der Waals surface area contributed by atoms with Gasteiger partial charge in [0.25, 0.3) is 0 Å². The van der Waals surface area contributed by atoms with Crippen molar-refractivity contribution in [1.82, 2.24) is 5.32 Å². The highest BCUT2D eigenvalue weighted by Gasteiger charge is 2.08. The molecule has 0 saturated heterocycles. The van der Waals surface area contributed by atoms with Gasteiger partial charge in [0.15, 0.2) is 5.78 Å². The molecule has 0 saturated carbocycles. The first kappa shape index (κ1) is 13.7. The number of aliphatic hydroxyl groups excluding tert-OH is 1. The fraction of sp³-hybridized carbons (Fsp3) is 0.333. The molecule has 1 aromatic rings. The second-order valence-electron chi connectivity index (χ2n) is 3.50. The summed E-state index contributed by atoms with van der Waals surface area (Å²) < 4.78 is 0. The number of benzene rings is 1. The lowest BCUT2D eigenvalue weighted by Crippen LogP contribution is -2.26. The van der Waals surface area contributed by atoms with E-state index in [4.69, 9.17) is 16.7 Å². The van der Waals surface area contributed by atoms with Crippen LogP contribution in [0, 0.1) is 0 Å². The van der Waals surface area contributed by atoms with Gasteiger partial charge in [-0.1, -0.05) is 11.6 Å². The molecule has 0 heterocycles. The third-order valence-corrected chi connectivity index (χ3v) is 2.43. The summed E-state index contributed by atoms with van der Waals surface area (Å²) in [6.45, 7) is 0.116. The van der Waals surface area contributed by atoms with Crippen LogP contribution in [0.25, 0.3) is 0 Å². The molecule has 0 bridgehead atoms. The lowest BCUT2D eigenvalue weighted by Gasteiger charge is -2.03. The van der Waals surface area contributed by atoms with Crippen LogP contribution in [0.15, 0.2) is 24.3 Å². The summed E-state index contributed by atoms with van der Waals surface area (Å²) in [7, 11) is 0. The van der Waals surface area contributed by atoms with Crippen molar-refractivity contribution in [1.29, 1.82) is 0 Å². The lowest BCUT2D eigenvalue weighted by atomic mass is 10.1. The molecule has 0 fully saturated rings. The zero-order chi connectivity index (χ0) is 12.7. The van der Waals surface area contributed by atoms with E-state index in [0.29, 0.717) is 10.6 Å². The number of hydrogen-bond donors (Lipinski definition) is 2. The molecule has 0 aromatic heterocycles. The number of hydrogen-bond acceptors (Lipinski definition) is 3. The number of rotatable bonds is 6. The number of amides is 1. The molecule has 0 atom stereocenters. The number of carbonyl (C=O) groups excluding carboxylic acids is 2. The predicted molar refractivity (Wildman–Crippen MR) is 65.1 cm³/mol. The van der Waals surface area contributed by atoms with Gasteiger partial charge in [-0.15, -0.1) is 0 Å². The molecule has 1 amide bonds. The summed E-state index contributed by atoms with van der Waals surface area (Å²) in [4.78, 5) is 22.9. The smallest absolute Gasteiger partial charge is 0.220 e. The number of Topliss-reactive ketones (excluding diaryl/α,β-unsaturated/α-hetero) is 1. The molecule has 0 radical (unpaired) electrons. The standard InChI is InChI=1S/C12H14ClNO3/c13-10-3-1-9(2-4-10)11(16)5-6-12(17)14-7-8-15/h1-4,15H,5-8H2,(H,14,17). The Kier molecular flexibility index (Phi) is 5.66. The minimum atomic E-state index is -0.235. The van der Waals surface area contributed by atoms with E-state index >= 15 is 0 Å². The van der Waals surface area contributed by atoms with Gasteiger partial charge in [0.2, 0.25) is 5.91 Å². The molecule has 92 valence electrons. The highest BCUT2D eigenvalue weighted by Crippen LogP contribution is 2.11. The van der Waals surface area contributed by atoms with Crippen LogP contribution in [0.2, 0.25) is 5.02 Å². The van der Waals surface area contributed by atoms with Gasteiger partial charge in [0.1, 0.15) is 0 Å². The second-order valence-corrected chi connectivity index (χ2v) is 3.94. The quantitative estimate of drug-likeness (QED) is 0.756. The van der Waals surface area contributed by atoms with Gasteiger partial charge >= 0.3 is 0 Å². The van der Waals surface area contributed by atoms with E-state index in [2.05, 4.69) is 5.32 Å². The molecule has 1 rings (SSSR count). The SMILES string of the molecule is O=C(CCC(=O)c1ccc(Cl)cc1)NCCO. The number of halogens is 1. The number of nitrogens with one attached hydrogen (secondary N) is 1. The molecule has 2 N–H and O–H groups in total. The summed E-state index contributed by atoms with van der Waals surface area (Å²) in [5.74, 6) is -0.331. The maximum Gasteiger partial charge on any atom is 0.220 e. The van der Waals surface area contributed by atoms with Crippen molar-refractivity contribution in [2.45, 2.75) is 12.8 Å². The number of carbonyl (C=O) groups is 2. The van der Waals surface area contributed by atoms with Crippen molar-refractivity contribution < 1.29 is 14.7 Å². The van der Waals surface area contributed by atoms with Crippen LogP contribution in [-0.4, -0.2) is 29.9 Å². The van der Waals surface area contributed by atoms with Gasteiger partial charge in [0, 0.05) is 30.0 Å². The molecule has 0 aliphatic heterocycles. The predicted octanol–water partition coefficient (Wildman–Crippen LogP) is 1.41. The fourth-order valence-electron chi connectivity index (χ4n) is 1.29. The van der Waals surface area contributed by atoms with Gasteiger partial charge in [-0.25, -0.2) is 0 Å². The third-order valence-electron chi connectivity index (χ3n) is 2.18. The van der Waals surface area contributed by atoms with Crippen molar-refractivity contribution in [2.75, 3.05) is 13.2 Å². The van der Waals surface area contributed by atoms with Crippen LogP contribution in [0.5, 0.6) is 0 Å². The summed E-state index contributed by atoms with van der Waals surface area (Å²) in [6.07, 6.45) is 0.278. The van der Waals surface area contributed by atoms with Gasteiger partial charge in [-0.2, -0.15) is 0 Å². The highest BCUT2D eigenvalue weighted by molar-refractivity contribution is 6.30. The Hall–Kier alpha value is -1.39. The second kappa shape index (κ2) is 7.04. The molecule has 1 aromatic carbocycles. The van der Waals surface area contributed by atoms with Crippen LogP contribution in [0.4, 0.5) is 0 Å². The normalized spacial score (nSPS) is 10.0. The van der Waals surface area contributed by atoms with Gasteiger partial charge in [-0.3, -0.25) is 9.59 Å². The molecule has 4 nitrogen and oxygen atoms in total. The maximum atomic E-state index is 11.7. The molecular formula is C12H14ClNO3. The minimum absolute atomic E-state index is 0.0965. The first-order chi connectivity index (χ1) is 8.13. The zero-order valence-corrected chi connectivity index (χ0v) is 10.0. The summed E-state index contributed by atoms with van der Waals surface area (Å²) >= 11 is 5.70. The lowest BCUT2D eigenvalue weighted by molar-refractivity contribution is -0.121. The molecular weight excluding hydrogens is 242 g/mol. The maximum absolute atomic E-state index is 11.7. The Bertz CT molecular complexity index is 389. The molecule has 0 spiro atoms. The Morgan fingerprint density at radius 1 is 1.18 bits per heavy atom. The Labute approximate surface area is 105 Å². The van der Waals surface area contributed by atoms with Crippen molar-refractivity contribution in [3.05, 3.63) is 34.9 Å². The monoisotopic (exact) mass is 255 g/mol. The minimum Gasteiger partial charge on any atom is -0.395 e. The van der Waals surface area contributed by atoms with Gasteiger partial charge in [0.05, 0.1) is 6.61 Å². The van der Waals surface area contributed by atoms with Crippen molar-refractivity contribution in [3.63, 3.8) is 0 Å². The van der Waals surface area contributed by atoms with E-state index in [0.717, 1.165) is 0 Å². The van der Waals surface area contributed by atoms with E-state index in [-0.39, 0.29) is 37.7 Å². The van der Waals surface area contributed by atoms with Crippen LogP contribution in [0.3, 0.4) is 0 Å². The number of ketones is 1. The summed E-state index contributed by atoms with van der Waals surface area (Å²) in [6, 6.07) is 6.55. The van der Waals surface area contributed by atoms with Crippen molar-refractivity contribution >= 4 is 23.3 Å². The average Bonchev–Trinajstić information content (AvgIpc) is 2.34. The number of aliphatic hydroxyl groups is 1.